The maximum atomic E-state index is 14.9. The van der Waals surface area contributed by atoms with Crippen LogP contribution < -0.4 is 70.0 Å². The lowest BCUT2D eigenvalue weighted by molar-refractivity contribution is -0.137. The van der Waals surface area contributed by atoms with Crippen molar-refractivity contribution in [2.24, 2.45) is 17.4 Å². The fourth-order valence-corrected chi connectivity index (χ4v) is 11.5. The Morgan fingerprint density at radius 1 is 0.510 bits per heavy atom. The molecule has 13 amide bonds. The number of urea groups is 1. The molecule has 0 saturated heterocycles. The van der Waals surface area contributed by atoms with Crippen LogP contribution >= 0.6 is 0 Å². The highest BCUT2D eigenvalue weighted by Gasteiger charge is 2.35. The molecule has 1 aliphatic carbocycles. The number of unbranched alkanes of at least 4 members (excludes halogenated alkanes) is 2. The molecular formula is C72H103N15O15. The average Bonchev–Trinajstić information content (AvgIpc) is 1.40. The summed E-state index contributed by atoms with van der Waals surface area (Å²) in [6.07, 6.45) is 15.1. The van der Waals surface area contributed by atoms with Crippen LogP contribution in [0.15, 0.2) is 103 Å². The van der Waals surface area contributed by atoms with Gasteiger partial charge in [-0.2, -0.15) is 0 Å². The Morgan fingerprint density at radius 3 is 1.60 bits per heavy atom. The lowest BCUT2D eigenvalue weighted by Crippen LogP contribution is -2.60. The molecule has 1 heterocycles. The molecule has 19 N–H and O–H groups in total. The third-order valence-corrected chi connectivity index (χ3v) is 17.1. The first-order chi connectivity index (χ1) is 48.9. The number of hydrogen-bond acceptors (Lipinski definition) is 16. The predicted molar refractivity (Wildman–Crippen MR) is 380 cm³/mol. The zero-order chi connectivity index (χ0) is 74.3. The van der Waals surface area contributed by atoms with Crippen molar-refractivity contribution in [1.82, 2.24) is 63.4 Å². The van der Waals surface area contributed by atoms with Crippen LogP contribution in [0.2, 0.25) is 0 Å². The maximum Gasteiger partial charge on any atom is 0.312 e. The van der Waals surface area contributed by atoms with Crippen molar-refractivity contribution in [1.29, 1.82) is 5.41 Å². The lowest BCUT2D eigenvalue weighted by atomic mass is 9.98. The number of amides is 13. The molecular weight excluding hydrogens is 1310 g/mol. The van der Waals surface area contributed by atoms with Gasteiger partial charge in [0.15, 0.2) is 5.96 Å². The molecule has 2 aliphatic rings. The molecule has 1 aliphatic heterocycles. The number of rotatable bonds is 41. The smallest absolute Gasteiger partial charge is 0.312 e. The van der Waals surface area contributed by atoms with Crippen molar-refractivity contribution < 1.29 is 72.9 Å². The molecule has 556 valence electrons. The first-order valence-corrected chi connectivity index (χ1v) is 35.1. The molecule has 102 heavy (non-hydrogen) atoms. The van der Waals surface area contributed by atoms with E-state index in [4.69, 9.17) is 16.9 Å². The summed E-state index contributed by atoms with van der Waals surface area (Å²) in [7, 11) is 0. The lowest BCUT2D eigenvalue weighted by Gasteiger charge is -2.28. The van der Waals surface area contributed by atoms with Crippen LogP contribution in [0.4, 0.5) is 4.79 Å². The van der Waals surface area contributed by atoms with E-state index >= 15 is 0 Å². The molecule has 0 bridgehead atoms. The van der Waals surface area contributed by atoms with Crippen LogP contribution in [0.3, 0.4) is 0 Å². The van der Waals surface area contributed by atoms with Gasteiger partial charge in [0.25, 0.3) is 11.8 Å². The molecule has 3 unspecified atom stereocenters. The Bertz CT molecular complexity index is 3320. The normalized spacial score (nSPS) is 16.2. The van der Waals surface area contributed by atoms with Gasteiger partial charge in [-0.25, -0.2) is 4.79 Å². The second kappa shape index (κ2) is 44.7. The zero-order valence-corrected chi connectivity index (χ0v) is 58.2. The van der Waals surface area contributed by atoms with Crippen LogP contribution in [0.1, 0.15) is 146 Å². The molecule has 8 atom stereocenters. The number of hydrogen-bond donors (Lipinski definition) is 17. The molecule has 0 radical (unpaired) electrons. The number of allylic oxidation sites excluding steroid dienone is 2. The summed E-state index contributed by atoms with van der Waals surface area (Å²) in [6.45, 7) is 2.12. The van der Waals surface area contributed by atoms with E-state index in [2.05, 4.69) is 70.6 Å². The third-order valence-electron chi connectivity index (χ3n) is 17.1. The molecule has 30 heteroatoms. The van der Waals surface area contributed by atoms with E-state index in [1.54, 1.807) is 54.6 Å². The Balaban J connectivity index is 1.32. The highest BCUT2D eigenvalue weighted by atomic mass is 16.3. The van der Waals surface area contributed by atoms with E-state index in [1.807, 2.05) is 13.8 Å². The summed E-state index contributed by atoms with van der Waals surface area (Å²) in [6, 6.07) is 10.4. The monoisotopic (exact) mass is 1420 g/mol. The quantitative estimate of drug-likeness (QED) is 0.0126. The molecule has 0 spiro atoms. The van der Waals surface area contributed by atoms with Crippen LogP contribution in [0, 0.1) is 11.3 Å². The van der Waals surface area contributed by atoms with Crippen molar-refractivity contribution in [3.8, 4) is 11.5 Å². The number of nitrogens with two attached hydrogens (primary N) is 2. The predicted octanol–water partition coefficient (Wildman–Crippen LogP) is 1.44. The fraction of sp³-hybridized carbons (Fsp3) is 0.514. The van der Waals surface area contributed by atoms with Crippen molar-refractivity contribution in [2.45, 2.75) is 197 Å². The minimum absolute atomic E-state index is 0.0140. The van der Waals surface area contributed by atoms with E-state index in [1.165, 1.54) is 36.4 Å². The van der Waals surface area contributed by atoms with Gasteiger partial charge in [0, 0.05) is 57.1 Å². The molecule has 30 nitrogen and oxygen atoms in total. The first-order valence-electron chi connectivity index (χ1n) is 35.1. The summed E-state index contributed by atoms with van der Waals surface area (Å²) < 4.78 is 0. The number of imide groups is 1. The maximum absolute atomic E-state index is 14.9. The zero-order valence-electron chi connectivity index (χ0n) is 58.2. The van der Waals surface area contributed by atoms with Gasteiger partial charge in [-0.1, -0.05) is 99.9 Å². The highest BCUT2D eigenvalue weighted by molar-refractivity contribution is 6.12. The Hall–Kier alpha value is -10.4. The molecule has 0 fully saturated rings. The minimum Gasteiger partial charge on any atom is -0.508 e. The van der Waals surface area contributed by atoms with E-state index < -0.39 is 126 Å². The first kappa shape index (κ1) is 82.3. The fourth-order valence-electron chi connectivity index (χ4n) is 11.5. The number of guanidine groups is 1. The van der Waals surface area contributed by atoms with Gasteiger partial charge in [-0.15, -0.1) is 0 Å². The number of aromatic hydroxyl groups is 2. The van der Waals surface area contributed by atoms with Gasteiger partial charge in [0.1, 0.15) is 53.8 Å². The summed E-state index contributed by atoms with van der Waals surface area (Å²) in [5.41, 5.74) is 12.6. The molecule has 3 aromatic carbocycles. The molecule has 0 aromatic heterocycles. The average molecular weight is 1420 g/mol. The standard InChI is InChI=1S/C72H103N15O15/c1-46(2)41-56(68(99)85-57(42-48-26-31-51(89)32-27-48)67(98)79-50-21-13-7-5-3-4-6-8-14-22-50)83-69(100)58(43-49-28-33-52(90)34-29-49)84-66(97)55(35-30-47-19-11-9-12-20-47)81-61(92)44-78-64(95)53(23-18-39-77-72(75)102)82-70(101)59(45-88)86-65(96)54(24-17-38-76-71(73)74)80-60(91)25-15-10-16-40-87-62(93)36-37-63(87)94/h3,5,9,11-12,19-20,26-29,31-34,36-37,46,50,53-59,88-90H,4,6-8,10,13-18,21-25,30,35,38-45H2,1-2H3,(H,78,95)(H,79,98)(H,80,91)(H,81,92)(H,82,101)(H,83,100)(H,84,97)(H,85,99)(H,86,96)(H4,73,74,76)(H3,75,77,102)/b5-3-/t50?,53?,54?,55-,56-,57-,58-,59-/m0/s1. The van der Waals surface area contributed by atoms with Crippen molar-refractivity contribution in [2.75, 3.05) is 32.8 Å². The van der Waals surface area contributed by atoms with E-state index in [0.29, 0.717) is 30.4 Å². The molecule has 0 saturated carbocycles. The number of aliphatic hydroxyl groups excluding tert-OH is 1. The number of primary amides is 1. The van der Waals surface area contributed by atoms with E-state index in [0.717, 1.165) is 61.8 Å². The van der Waals surface area contributed by atoms with Gasteiger partial charge >= 0.3 is 6.03 Å². The summed E-state index contributed by atoms with van der Waals surface area (Å²) >= 11 is 0. The number of phenolic OH excluding ortho intramolecular Hbond substituents is 2. The van der Waals surface area contributed by atoms with Gasteiger partial charge in [0.05, 0.1) is 13.2 Å². The van der Waals surface area contributed by atoms with Crippen LogP contribution in [0.25, 0.3) is 0 Å². The molecule has 5 rings (SSSR count). The van der Waals surface area contributed by atoms with Crippen molar-refractivity contribution >= 4 is 77.0 Å². The second-order valence-electron chi connectivity index (χ2n) is 26.0. The summed E-state index contributed by atoms with van der Waals surface area (Å²) in [5.74, 6) is -8.55. The third kappa shape index (κ3) is 31.4. The SMILES string of the molecule is CC(C)C[C@H](NC(=O)[C@H](Cc1ccc(O)cc1)NC(=O)[C@H](CCc1ccccc1)NC(=O)CNC(=O)C(CCCNC(N)=O)NC(=O)[C@H](CO)NC(=O)C(CCCNC(=N)N)NC(=O)CCCCCN1C(=O)C=CC1=O)C(=O)N[C@@H](Cc1ccc(O)cc1)C(=O)NC1CCC/C=C\CCCCC1. The number of benzene rings is 3. The Morgan fingerprint density at radius 2 is 1.01 bits per heavy atom. The van der Waals surface area contributed by atoms with Crippen LogP contribution in [0.5, 0.6) is 11.5 Å². The largest absolute Gasteiger partial charge is 0.508 e. The minimum atomic E-state index is -1.71. The second-order valence-corrected chi connectivity index (χ2v) is 26.0. The number of nitrogens with one attached hydrogen (secondary N) is 12. The number of phenols is 2. The van der Waals surface area contributed by atoms with Gasteiger partial charge in [-0.3, -0.25) is 63.0 Å². The number of aryl methyl sites for hydroxylation is 1. The Kier molecular flexibility index (Phi) is 36.0. The van der Waals surface area contributed by atoms with Gasteiger partial charge in [-0.05, 0) is 143 Å². The number of carbonyl (C=O) groups is 12. The highest BCUT2D eigenvalue weighted by Crippen LogP contribution is 2.19. The summed E-state index contributed by atoms with van der Waals surface area (Å²) in [4.78, 5) is 164. The number of aliphatic hydroxyl groups is 1. The van der Waals surface area contributed by atoms with E-state index in [9.17, 15) is 72.9 Å². The van der Waals surface area contributed by atoms with Crippen molar-refractivity contribution in [3.05, 3.63) is 120 Å². The van der Waals surface area contributed by atoms with Crippen LogP contribution in [-0.2, 0) is 72.0 Å². The number of nitrogens with zero attached hydrogens (tertiary/aromatic N) is 1. The van der Waals surface area contributed by atoms with E-state index in [-0.39, 0.29) is 113 Å². The van der Waals surface area contributed by atoms with Gasteiger partial charge in [0.2, 0.25) is 53.2 Å². The van der Waals surface area contributed by atoms with Crippen molar-refractivity contribution in [3.63, 3.8) is 0 Å². The number of carbonyl (C=O) groups excluding carboxylic acids is 12. The summed E-state index contributed by atoms with van der Waals surface area (Å²) in [5, 5.41) is 67.5. The molecule has 3 aromatic rings. The topological polar surface area (TPSA) is 477 Å². The Labute approximate surface area is 594 Å². The van der Waals surface area contributed by atoms with Gasteiger partial charge < -0.3 is 85.3 Å². The van der Waals surface area contributed by atoms with Crippen LogP contribution in [-0.4, -0.2) is 178 Å².